The van der Waals surface area contributed by atoms with Crippen LogP contribution in [-0.4, -0.2) is 35.6 Å². The number of nitrogens with two attached hydrogens (primary N) is 1. The largest absolute Gasteiger partial charge is 0.444 e. The van der Waals surface area contributed by atoms with E-state index in [0.29, 0.717) is 6.42 Å². The first kappa shape index (κ1) is 37.3. The van der Waals surface area contributed by atoms with Gasteiger partial charge in [-0.1, -0.05) is 71.8 Å². The zero-order valence-corrected chi connectivity index (χ0v) is 31.4. The van der Waals surface area contributed by atoms with E-state index in [2.05, 4.69) is 86.8 Å². The van der Waals surface area contributed by atoms with Gasteiger partial charge in [-0.05, 0) is 119 Å². The fourth-order valence-electron chi connectivity index (χ4n) is 7.33. The molecule has 4 atom stereocenters. The first-order chi connectivity index (χ1) is 24.0. The Morgan fingerprint density at radius 1 is 0.686 bits per heavy atom. The second kappa shape index (κ2) is 15.1. The van der Waals surface area contributed by atoms with Crippen molar-refractivity contribution in [3.63, 3.8) is 0 Å². The molecule has 0 saturated carbocycles. The number of hydrogen-bond donors (Lipinski definition) is 2. The highest BCUT2D eigenvalue weighted by Crippen LogP contribution is 2.41. The molecule has 8 heteroatoms. The predicted octanol–water partition coefficient (Wildman–Crippen LogP) is 9.18. The van der Waals surface area contributed by atoms with Crippen molar-refractivity contribution in [1.29, 1.82) is 0 Å². The molecule has 0 fully saturated rings. The summed E-state index contributed by atoms with van der Waals surface area (Å²) in [4.78, 5) is 40.4. The fraction of sp³-hybridized carbons (Fsp3) is 0.372. The second-order valence-electron chi connectivity index (χ2n) is 15.0. The van der Waals surface area contributed by atoms with Gasteiger partial charge in [-0.3, -0.25) is 9.59 Å². The monoisotopic (exact) mass is 688 g/mol. The van der Waals surface area contributed by atoms with Gasteiger partial charge in [-0.25, -0.2) is 4.79 Å². The van der Waals surface area contributed by atoms with E-state index in [0.717, 1.165) is 45.6 Å². The Bertz CT molecular complexity index is 1930. The molecule has 3 amide bonds. The summed E-state index contributed by atoms with van der Waals surface area (Å²) in [7, 11) is 0. The number of fused-ring (bicyclic) bond motifs is 2. The van der Waals surface area contributed by atoms with E-state index in [1.165, 1.54) is 16.7 Å². The van der Waals surface area contributed by atoms with Crippen LogP contribution in [0.5, 0.6) is 0 Å². The van der Waals surface area contributed by atoms with E-state index in [1.807, 2.05) is 61.8 Å². The number of aryl methyl sites for hydroxylation is 2. The van der Waals surface area contributed by atoms with Gasteiger partial charge in [0.2, 0.25) is 11.8 Å². The number of carbonyl (C=O) groups excluding carboxylic acids is 3. The SMILES string of the molecule is CC(=O)N1c2ccc(-c3cccc(C)c3)cc2C(N)CC1C.CC(=O)N1c2ccc(-c3cccc(C)c3)cc2C(NC(=O)OC(C)(C)C)CC1C. The molecule has 2 heterocycles. The summed E-state index contributed by atoms with van der Waals surface area (Å²) in [6, 6.07) is 28.9. The van der Waals surface area contributed by atoms with Crippen LogP contribution in [0.1, 0.15) is 95.6 Å². The van der Waals surface area contributed by atoms with Gasteiger partial charge in [0.1, 0.15) is 5.60 Å². The van der Waals surface area contributed by atoms with Gasteiger partial charge in [0.05, 0.1) is 6.04 Å². The normalized spacial score (nSPS) is 19.6. The Balaban J connectivity index is 0.000000205. The highest BCUT2D eigenvalue weighted by molar-refractivity contribution is 5.95. The molecule has 6 rings (SSSR count). The summed E-state index contributed by atoms with van der Waals surface area (Å²) in [5.74, 6) is 0.0710. The van der Waals surface area contributed by atoms with Crippen LogP contribution in [-0.2, 0) is 14.3 Å². The molecule has 0 bridgehead atoms. The molecule has 0 radical (unpaired) electrons. The van der Waals surface area contributed by atoms with Crippen molar-refractivity contribution in [3.05, 3.63) is 107 Å². The van der Waals surface area contributed by atoms with Crippen molar-refractivity contribution in [2.45, 2.75) is 105 Å². The topological polar surface area (TPSA) is 105 Å². The molecule has 268 valence electrons. The van der Waals surface area contributed by atoms with Crippen LogP contribution < -0.4 is 20.9 Å². The summed E-state index contributed by atoms with van der Waals surface area (Å²) in [6.07, 6.45) is 0.977. The maximum absolute atomic E-state index is 12.4. The Labute approximate surface area is 303 Å². The molecule has 4 aromatic carbocycles. The Morgan fingerprint density at radius 3 is 1.61 bits per heavy atom. The van der Waals surface area contributed by atoms with Crippen molar-refractivity contribution in [3.8, 4) is 22.3 Å². The molecule has 2 aliphatic heterocycles. The summed E-state index contributed by atoms with van der Waals surface area (Å²) in [6.45, 7) is 16.9. The van der Waals surface area contributed by atoms with Crippen molar-refractivity contribution in [2.75, 3.05) is 9.80 Å². The maximum Gasteiger partial charge on any atom is 0.408 e. The molecule has 0 aromatic heterocycles. The van der Waals surface area contributed by atoms with E-state index in [1.54, 1.807) is 13.8 Å². The fourth-order valence-corrected chi connectivity index (χ4v) is 7.33. The van der Waals surface area contributed by atoms with E-state index < -0.39 is 11.7 Å². The summed E-state index contributed by atoms with van der Waals surface area (Å²) in [5.41, 5.74) is 16.5. The molecule has 3 N–H and O–H groups in total. The zero-order chi connectivity index (χ0) is 37.2. The van der Waals surface area contributed by atoms with E-state index >= 15 is 0 Å². The predicted molar refractivity (Wildman–Crippen MR) is 207 cm³/mol. The van der Waals surface area contributed by atoms with Crippen molar-refractivity contribution in [1.82, 2.24) is 5.32 Å². The van der Waals surface area contributed by atoms with Crippen LogP contribution in [0.25, 0.3) is 22.3 Å². The molecule has 0 spiro atoms. The van der Waals surface area contributed by atoms with Gasteiger partial charge < -0.3 is 25.6 Å². The van der Waals surface area contributed by atoms with E-state index in [4.69, 9.17) is 10.5 Å². The molecular weight excluding hydrogens is 636 g/mol. The maximum atomic E-state index is 12.4. The standard InChI is InChI=1S/C24H30N2O3.C19H22N2O/c1-15-8-7-9-18(12-15)19-10-11-22-20(14-19)21(13-16(2)26(22)17(3)27)25-23(28)29-24(4,5)6;1-12-5-4-6-15(9-12)16-7-8-19-17(11-16)18(20)10-13(2)21(19)14(3)22/h7-12,14,16,21H,13H2,1-6H3,(H,25,28);4-9,11,13,18H,10,20H2,1-3H3. The summed E-state index contributed by atoms with van der Waals surface area (Å²) in [5, 5.41) is 3.01. The Kier molecular flexibility index (Phi) is 11.1. The average Bonchev–Trinajstić information content (AvgIpc) is 3.03. The van der Waals surface area contributed by atoms with Gasteiger partial charge in [-0.15, -0.1) is 0 Å². The van der Waals surface area contributed by atoms with Crippen LogP contribution >= 0.6 is 0 Å². The minimum atomic E-state index is -0.567. The number of rotatable bonds is 3. The van der Waals surface area contributed by atoms with E-state index in [9.17, 15) is 14.4 Å². The lowest BCUT2D eigenvalue weighted by atomic mass is 9.89. The van der Waals surface area contributed by atoms with Gasteiger partial charge in [0.15, 0.2) is 0 Å². The molecule has 2 aliphatic rings. The smallest absolute Gasteiger partial charge is 0.408 e. The summed E-state index contributed by atoms with van der Waals surface area (Å²) < 4.78 is 5.47. The van der Waals surface area contributed by atoms with Crippen LogP contribution in [0.2, 0.25) is 0 Å². The average molecular weight is 689 g/mol. The lowest BCUT2D eigenvalue weighted by Crippen LogP contribution is -2.46. The quantitative estimate of drug-likeness (QED) is 0.223. The molecule has 8 nitrogen and oxygen atoms in total. The number of nitrogens with one attached hydrogen (secondary N) is 1. The van der Waals surface area contributed by atoms with Gasteiger partial charge in [0, 0.05) is 43.3 Å². The van der Waals surface area contributed by atoms with Gasteiger partial charge in [0.25, 0.3) is 0 Å². The minimum Gasteiger partial charge on any atom is -0.444 e. The summed E-state index contributed by atoms with van der Waals surface area (Å²) >= 11 is 0. The highest BCUT2D eigenvalue weighted by Gasteiger charge is 2.34. The molecular formula is C43H52N4O4. The number of hydrogen-bond acceptors (Lipinski definition) is 5. The first-order valence-corrected chi connectivity index (χ1v) is 17.8. The minimum absolute atomic E-state index is 0.00206. The molecule has 4 aromatic rings. The zero-order valence-electron chi connectivity index (χ0n) is 31.4. The van der Waals surface area contributed by atoms with Crippen LogP contribution in [0.4, 0.5) is 16.2 Å². The number of alkyl carbamates (subject to hydrolysis) is 1. The highest BCUT2D eigenvalue weighted by atomic mass is 16.6. The molecule has 0 saturated heterocycles. The number of anilines is 2. The molecule has 0 aliphatic carbocycles. The second-order valence-corrected chi connectivity index (χ2v) is 15.0. The van der Waals surface area contributed by atoms with Crippen molar-refractivity contribution >= 4 is 29.3 Å². The lowest BCUT2D eigenvalue weighted by Gasteiger charge is -2.39. The van der Waals surface area contributed by atoms with Crippen LogP contribution in [0, 0.1) is 13.8 Å². The molecule has 51 heavy (non-hydrogen) atoms. The van der Waals surface area contributed by atoms with Crippen LogP contribution in [0.3, 0.4) is 0 Å². The first-order valence-electron chi connectivity index (χ1n) is 17.8. The van der Waals surface area contributed by atoms with Crippen LogP contribution in [0.15, 0.2) is 84.9 Å². The van der Waals surface area contributed by atoms with Gasteiger partial charge in [-0.2, -0.15) is 0 Å². The number of carbonyl (C=O) groups is 3. The third kappa shape index (κ3) is 8.68. The Hall–Kier alpha value is -4.95. The molecule has 4 unspecified atom stereocenters. The number of ether oxygens (including phenoxy) is 1. The number of benzene rings is 4. The Morgan fingerprint density at radius 2 is 1.14 bits per heavy atom. The third-order valence-corrected chi connectivity index (χ3v) is 9.47. The third-order valence-electron chi connectivity index (χ3n) is 9.47. The van der Waals surface area contributed by atoms with Crippen molar-refractivity contribution in [2.24, 2.45) is 5.73 Å². The van der Waals surface area contributed by atoms with Gasteiger partial charge >= 0.3 is 6.09 Å². The van der Waals surface area contributed by atoms with Crippen molar-refractivity contribution < 1.29 is 19.1 Å². The number of nitrogens with zero attached hydrogens (tertiary/aromatic N) is 2. The lowest BCUT2D eigenvalue weighted by molar-refractivity contribution is -0.118. The number of amides is 3. The van der Waals surface area contributed by atoms with E-state index in [-0.39, 0.29) is 36.0 Å².